The second-order valence-electron chi connectivity index (χ2n) is 7.52. The van der Waals surface area contributed by atoms with E-state index in [0.29, 0.717) is 0 Å². The van der Waals surface area contributed by atoms with Gasteiger partial charge in [0, 0.05) is 29.4 Å². The number of hydrogen-bond donors (Lipinski definition) is 1. The fraction of sp³-hybridized carbons (Fsp3) is 0.286. The second kappa shape index (κ2) is 5.46. The number of nitrogens with one attached hydrogen (secondary N) is 1. The summed E-state index contributed by atoms with van der Waals surface area (Å²) >= 11 is 0. The van der Waals surface area contributed by atoms with Crippen LogP contribution in [0, 0.1) is 28.1 Å². The highest BCUT2D eigenvalue weighted by Gasteiger charge is 2.35. The van der Waals surface area contributed by atoms with E-state index in [2.05, 4.69) is 48.4 Å². The average molecular weight is 326 g/mol. The quantitative estimate of drug-likeness (QED) is 0.717. The Morgan fingerprint density at radius 1 is 1.16 bits per heavy atom. The first-order valence-electron chi connectivity index (χ1n) is 8.42. The van der Waals surface area contributed by atoms with Crippen LogP contribution in [-0.2, 0) is 6.42 Å². The molecule has 0 saturated carbocycles. The van der Waals surface area contributed by atoms with E-state index in [1.54, 1.807) is 6.20 Å². The molecule has 0 atom stereocenters. The van der Waals surface area contributed by atoms with Crippen LogP contribution in [0.25, 0.3) is 10.9 Å². The van der Waals surface area contributed by atoms with E-state index in [0.717, 1.165) is 52.7 Å². The monoisotopic (exact) mass is 326 g/mol. The average Bonchev–Trinajstić information content (AvgIpc) is 2.60. The Labute approximate surface area is 147 Å². The highest BCUT2D eigenvalue weighted by Crippen LogP contribution is 2.47. The van der Waals surface area contributed by atoms with Gasteiger partial charge >= 0.3 is 0 Å². The zero-order valence-electron chi connectivity index (χ0n) is 14.3. The van der Waals surface area contributed by atoms with Crippen LogP contribution in [0.4, 0.5) is 5.69 Å². The van der Waals surface area contributed by atoms with Gasteiger partial charge in [0.15, 0.2) is 0 Å². The Hall–Kier alpha value is -3.11. The number of nitrogens with zero attached hydrogens (tertiary/aromatic N) is 3. The molecule has 4 nitrogen and oxygen atoms in total. The Bertz CT molecular complexity index is 1030. The molecule has 0 fully saturated rings. The van der Waals surface area contributed by atoms with Crippen molar-refractivity contribution in [2.24, 2.45) is 5.41 Å². The summed E-state index contributed by atoms with van der Waals surface area (Å²) < 4.78 is 0. The van der Waals surface area contributed by atoms with Crippen LogP contribution in [0.1, 0.15) is 32.3 Å². The molecule has 4 rings (SSSR count). The molecule has 2 heterocycles. The van der Waals surface area contributed by atoms with Crippen LogP contribution in [-0.4, -0.2) is 4.98 Å². The molecule has 1 aliphatic carbocycles. The minimum atomic E-state index is 0.0238. The van der Waals surface area contributed by atoms with Crippen LogP contribution in [0.15, 0.2) is 52.9 Å². The molecule has 1 aromatic heterocycles. The summed E-state index contributed by atoms with van der Waals surface area (Å²) in [6, 6.07) is 12.3. The number of allylic oxidation sites excluding steroid dienone is 4. The zero-order chi connectivity index (χ0) is 17.6. The van der Waals surface area contributed by atoms with Crippen molar-refractivity contribution in [3.63, 3.8) is 0 Å². The molecule has 1 aliphatic heterocycles. The number of aromatic nitrogens is 1. The molecule has 2 aliphatic rings. The number of anilines is 1. The molecule has 1 N–H and O–H groups in total. The lowest BCUT2D eigenvalue weighted by atomic mass is 9.70. The van der Waals surface area contributed by atoms with E-state index in [4.69, 9.17) is 0 Å². The first-order chi connectivity index (χ1) is 12.0. The van der Waals surface area contributed by atoms with Gasteiger partial charge in [-0.05, 0) is 53.2 Å². The molecule has 122 valence electrons. The normalized spacial score (nSPS) is 17.8. The maximum absolute atomic E-state index is 9.42. The summed E-state index contributed by atoms with van der Waals surface area (Å²) in [4.78, 5) is 4.44. The minimum Gasteiger partial charge on any atom is -0.358 e. The third-order valence-corrected chi connectivity index (χ3v) is 5.10. The summed E-state index contributed by atoms with van der Waals surface area (Å²) in [5.74, 6) is 0. The van der Waals surface area contributed by atoms with Gasteiger partial charge in [0.1, 0.15) is 17.7 Å². The van der Waals surface area contributed by atoms with Crippen molar-refractivity contribution in [2.45, 2.75) is 33.1 Å². The Morgan fingerprint density at radius 2 is 1.96 bits per heavy atom. The largest absolute Gasteiger partial charge is 0.358 e. The van der Waals surface area contributed by atoms with Crippen LogP contribution < -0.4 is 5.32 Å². The fourth-order valence-corrected chi connectivity index (χ4v) is 4.01. The zero-order valence-corrected chi connectivity index (χ0v) is 14.3. The maximum Gasteiger partial charge on any atom is 0.133 e. The second-order valence-corrected chi connectivity index (χ2v) is 7.52. The van der Waals surface area contributed by atoms with E-state index in [1.165, 1.54) is 5.56 Å². The van der Waals surface area contributed by atoms with Gasteiger partial charge in [0.2, 0.25) is 0 Å². The van der Waals surface area contributed by atoms with Crippen LogP contribution in [0.5, 0.6) is 0 Å². The lowest BCUT2D eigenvalue weighted by Gasteiger charge is -2.38. The summed E-state index contributed by atoms with van der Waals surface area (Å²) in [7, 11) is 0. The Kier molecular flexibility index (Phi) is 3.37. The summed E-state index contributed by atoms with van der Waals surface area (Å²) in [5.41, 5.74) is 6.68. The van der Waals surface area contributed by atoms with Gasteiger partial charge in [-0.25, -0.2) is 0 Å². The van der Waals surface area contributed by atoms with Gasteiger partial charge in [0.25, 0.3) is 0 Å². The first-order valence-corrected chi connectivity index (χ1v) is 8.42. The lowest BCUT2D eigenvalue weighted by Crippen LogP contribution is -2.27. The summed E-state index contributed by atoms with van der Waals surface area (Å²) in [6.07, 6.45) is 4.20. The summed E-state index contributed by atoms with van der Waals surface area (Å²) in [5, 5.41) is 23.5. The fourth-order valence-electron chi connectivity index (χ4n) is 4.01. The third kappa shape index (κ3) is 2.47. The molecule has 0 amide bonds. The van der Waals surface area contributed by atoms with Gasteiger partial charge in [-0.2, -0.15) is 10.5 Å². The SMILES string of the molecule is CC1(C)CC2=C(Cc3c(ccc4ncccc34)N2)C(=C(C#N)C#N)C1. The van der Waals surface area contributed by atoms with Crippen molar-refractivity contribution in [3.8, 4) is 12.1 Å². The lowest BCUT2D eigenvalue weighted by molar-refractivity contribution is 0.346. The number of benzene rings is 1. The van der Waals surface area contributed by atoms with Gasteiger partial charge < -0.3 is 5.32 Å². The Morgan fingerprint density at radius 3 is 2.72 bits per heavy atom. The first kappa shape index (κ1) is 15.4. The van der Waals surface area contributed by atoms with Crippen LogP contribution >= 0.6 is 0 Å². The number of nitriles is 2. The molecule has 0 spiro atoms. The number of rotatable bonds is 0. The van der Waals surface area contributed by atoms with E-state index in [9.17, 15) is 10.5 Å². The molecule has 4 heteroatoms. The molecule has 0 radical (unpaired) electrons. The highest BCUT2D eigenvalue weighted by atomic mass is 14.9. The number of fused-ring (bicyclic) bond motifs is 3. The van der Waals surface area contributed by atoms with Crippen molar-refractivity contribution in [3.05, 3.63) is 58.4 Å². The van der Waals surface area contributed by atoms with Crippen molar-refractivity contribution in [1.82, 2.24) is 4.98 Å². The smallest absolute Gasteiger partial charge is 0.133 e. The van der Waals surface area contributed by atoms with Crippen molar-refractivity contribution < 1.29 is 0 Å². The predicted octanol–water partition coefficient (Wildman–Crippen LogP) is 4.62. The van der Waals surface area contributed by atoms with Gasteiger partial charge in [-0.1, -0.05) is 19.9 Å². The standard InChI is InChI=1S/C21H18N4/c1-21(2)9-17(13(11-22)12-23)16-8-15-14-4-3-7-24-18(14)5-6-19(15)25-20(16)10-21/h3-7,25H,8-10H2,1-2H3. The molecular weight excluding hydrogens is 308 g/mol. The molecular formula is C21H18N4. The minimum absolute atomic E-state index is 0.0238. The molecule has 0 bridgehead atoms. The van der Waals surface area contributed by atoms with Gasteiger partial charge in [0.05, 0.1) is 5.52 Å². The van der Waals surface area contributed by atoms with Crippen LogP contribution in [0.3, 0.4) is 0 Å². The van der Waals surface area contributed by atoms with Crippen molar-refractivity contribution in [2.75, 3.05) is 5.32 Å². The van der Waals surface area contributed by atoms with Crippen LogP contribution in [0.2, 0.25) is 0 Å². The molecule has 2 aromatic rings. The van der Waals surface area contributed by atoms with Crippen molar-refractivity contribution >= 4 is 16.6 Å². The third-order valence-electron chi connectivity index (χ3n) is 5.10. The number of pyridine rings is 1. The van der Waals surface area contributed by atoms with Gasteiger partial charge in [-0.3, -0.25) is 4.98 Å². The predicted molar refractivity (Wildman–Crippen MR) is 97.4 cm³/mol. The maximum atomic E-state index is 9.42. The topological polar surface area (TPSA) is 72.5 Å². The molecule has 0 unspecified atom stereocenters. The molecule has 0 saturated heterocycles. The summed E-state index contributed by atoms with van der Waals surface area (Å²) in [6.45, 7) is 4.37. The van der Waals surface area contributed by atoms with E-state index in [1.807, 2.05) is 12.1 Å². The van der Waals surface area contributed by atoms with E-state index in [-0.39, 0.29) is 11.0 Å². The van der Waals surface area contributed by atoms with E-state index >= 15 is 0 Å². The van der Waals surface area contributed by atoms with Gasteiger partial charge in [-0.15, -0.1) is 0 Å². The number of hydrogen-bond acceptors (Lipinski definition) is 4. The highest BCUT2D eigenvalue weighted by molar-refractivity contribution is 5.89. The Balaban J connectivity index is 1.92. The van der Waals surface area contributed by atoms with E-state index < -0.39 is 0 Å². The molecule has 1 aromatic carbocycles. The molecule has 25 heavy (non-hydrogen) atoms. The van der Waals surface area contributed by atoms with Crippen molar-refractivity contribution in [1.29, 1.82) is 10.5 Å².